The van der Waals surface area contributed by atoms with Crippen molar-refractivity contribution in [1.82, 2.24) is 0 Å². The zero-order chi connectivity index (χ0) is 10.5. The molecule has 0 bridgehead atoms. The van der Waals surface area contributed by atoms with E-state index in [1.165, 1.54) is 5.56 Å². The molecule has 0 saturated carbocycles. The fourth-order valence-corrected chi connectivity index (χ4v) is 1.27. The van der Waals surface area contributed by atoms with Gasteiger partial charge in [0.2, 0.25) is 0 Å². The second-order valence-electron chi connectivity index (χ2n) is 3.56. The summed E-state index contributed by atoms with van der Waals surface area (Å²) in [6.45, 7) is 3.11. The largest absolute Gasteiger partial charge is 0.364 e. The quantitative estimate of drug-likeness (QED) is 0.425. The van der Waals surface area contributed by atoms with Crippen LogP contribution in [0.3, 0.4) is 0 Å². The maximum Gasteiger partial charge on any atom is 0.144 e. The Morgan fingerprint density at radius 2 is 2.07 bits per heavy atom. The summed E-state index contributed by atoms with van der Waals surface area (Å²) in [7, 11) is 0. The van der Waals surface area contributed by atoms with Crippen LogP contribution < -0.4 is 0 Å². The third kappa shape index (κ3) is 3.39. The number of rotatable bonds is 3. The summed E-state index contributed by atoms with van der Waals surface area (Å²) in [5.74, 6) is 5.95. The molecule has 1 fully saturated rings. The van der Waals surface area contributed by atoms with Gasteiger partial charge in [-0.15, -0.1) is 0 Å². The van der Waals surface area contributed by atoms with Crippen molar-refractivity contribution in [1.29, 1.82) is 0 Å². The van der Waals surface area contributed by atoms with E-state index in [4.69, 9.17) is 9.47 Å². The minimum absolute atomic E-state index is 0.144. The molecule has 0 N–H and O–H groups in total. The Bertz CT molecular complexity index is 361. The van der Waals surface area contributed by atoms with Crippen LogP contribution in [-0.4, -0.2) is 18.8 Å². The molecule has 2 heteroatoms. The molecule has 2 rings (SSSR count). The Kier molecular flexibility index (Phi) is 3.39. The van der Waals surface area contributed by atoms with Crippen LogP contribution in [0, 0.1) is 11.8 Å². The molecule has 0 spiro atoms. The fourth-order valence-electron chi connectivity index (χ4n) is 1.27. The van der Waals surface area contributed by atoms with Crippen molar-refractivity contribution in [2.75, 3.05) is 6.61 Å². The average Bonchev–Trinajstić information content (AvgIpc) is 2.96. The smallest absolute Gasteiger partial charge is 0.144 e. The fraction of sp³-hybridized carbons (Fsp3) is 0.385. The van der Waals surface area contributed by atoms with Crippen molar-refractivity contribution in [2.24, 2.45) is 0 Å². The average molecular weight is 202 g/mol. The molecule has 1 heterocycles. The Labute approximate surface area is 90.2 Å². The Hall–Kier alpha value is -1.30. The molecule has 1 saturated heterocycles. The van der Waals surface area contributed by atoms with Crippen LogP contribution >= 0.6 is 0 Å². The molecule has 0 unspecified atom stereocenters. The molecule has 2 nitrogen and oxygen atoms in total. The van der Waals surface area contributed by atoms with Crippen LogP contribution in [0.5, 0.6) is 0 Å². The van der Waals surface area contributed by atoms with Gasteiger partial charge in [0.15, 0.2) is 0 Å². The van der Waals surface area contributed by atoms with Crippen LogP contribution in [0.15, 0.2) is 30.3 Å². The first-order chi connectivity index (χ1) is 7.36. The SMILES string of the molecule is C[C@@H]1O[C@@H]1C#CCOCc1ccccc1. The van der Waals surface area contributed by atoms with Crippen LogP contribution in [0.25, 0.3) is 0 Å². The number of hydrogen-bond acceptors (Lipinski definition) is 2. The maximum absolute atomic E-state index is 5.40. The number of ether oxygens (including phenoxy) is 2. The summed E-state index contributed by atoms with van der Waals surface area (Å²) >= 11 is 0. The van der Waals surface area contributed by atoms with Crippen molar-refractivity contribution >= 4 is 0 Å². The molecular weight excluding hydrogens is 188 g/mol. The van der Waals surface area contributed by atoms with Gasteiger partial charge in [0.05, 0.1) is 12.7 Å². The van der Waals surface area contributed by atoms with Crippen LogP contribution in [-0.2, 0) is 16.1 Å². The zero-order valence-corrected chi connectivity index (χ0v) is 8.77. The third-order valence-electron chi connectivity index (χ3n) is 2.24. The van der Waals surface area contributed by atoms with Gasteiger partial charge in [0.25, 0.3) is 0 Å². The molecule has 1 aromatic carbocycles. The summed E-state index contributed by atoms with van der Waals surface area (Å²) in [5.41, 5.74) is 1.18. The first-order valence-electron chi connectivity index (χ1n) is 5.12. The first-order valence-corrected chi connectivity index (χ1v) is 5.12. The van der Waals surface area contributed by atoms with E-state index >= 15 is 0 Å². The van der Waals surface area contributed by atoms with Gasteiger partial charge in [-0.25, -0.2) is 0 Å². The maximum atomic E-state index is 5.40. The molecule has 1 aliphatic rings. The van der Waals surface area contributed by atoms with Gasteiger partial charge < -0.3 is 9.47 Å². The van der Waals surface area contributed by atoms with Crippen molar-refractivity contribution in [2.45, 2.75) is 25.7 Å². The van der Waals surface area contributed by atoms with E-state index in [0.29, 0.717) is 19.3 Å². The zero-order valence-electron chi connectivity index (χ0n) is 8.77. The second kappa shape index (κ2) is 4.97. The predicted molar refractivity (Wildman–Crippen MR) is 58.2 cm³/mol. The van der Waals surface area contributed by atoms with Crippen molar-refractivity contribution in [3.63, 3.8) is 0 Å². The van der Waals surface area contributed by atoms with Gasteiger partial charge in [-0.2, -0.15) is 0 Å². The Morgan fingerprint density at radius 3 is 2.73 bits per heavy atom. The third-order valence-corrected chi connectivity index (χ3v) is 2.24. The summed E-state index contributed by atoms with van der Waals surface area (Å²) < 4.78 is 10.6. The summed E-state index contributed by atoms with van der Waals surface area (Å²) in [5, 5.41) is 0. The highest BCUT2D eigenvalue weighted by Gasteiger charge is 2.31. The minimum Gasteiger partial charge on any atom is -0.364 e. The number of epoxide rings is 1. The van der Waals surface area contributed by atoms with Crippen molar-refractivity contribution < 1.29 is 9.47 Å². The topological polar surface area (TPSA) is 21.8 Å². The summed E-state index contributed by atoms with van der Waals surface area (Å²) in [6, 6.07) is 10.1. The van der Waals surface area contributed by atoms with Crippen molar-refractivity contribution in [3.05, 3.63) is 35.9 Å². The second-order valence-corrected chi connectivity index (χ2v) is 3.56. The molecule has 0 amide bonds. The van der Waals surface area contributed by atoms with Crippen molar-refractivity contribution in [3.8, 4) is 11.8 Å². The van der Waals surface area contributed by atoms with Gasteiger partial charge >= 0.3 is 0 Å². The molecule has 78 valence electrons. The lowest BCUT2D eigenvalue weighted by molar-refractivity contribution is 0.153. The highest BCUT2D eigenvalue weighted by Crippen LogP contribution is 2.19. The van der Waals surface area contributed by atoms with Crippen LogP contribution in [0.1, 0.15) is 12.5 Å². The molecule has 0 radical (unpaired) electrons. The molecule has 0 aliphatic carbocycles. The Morgan fingerprint density at radius 1 is 1.33 bits per heavy atom. The molecule has 2 atom stereocenters. The lowest BCUT2D eigenvalue weighted by Gasteiger charge is -1.98. The van der Waals surface area contributed by atoms with Crippen LogP contribution in [0.4, 0.5) is 0 Å². The Balaban J connectivity index is 1.64. The molecule has 1 aliphatic heterocycles. The predicted octanol–water partition coefficient (Wildman–Crippen LogP) is 1.99. The molecule has 1 aromatic rings. The standard InChI is InChI=1S/C13H14O2/c1-11-13(15-11)8-5-9-14-10-12-6-3-2-4-7-12/h2-4,6-7,11,13H,9-10H2,1H3/t11-,13+/m0/s1. The minimum atomic E-state index is 0.144. The lowest BCUT2D eigenvalue weighted by Crippen LogP contribution is -1.93. The highest BCUT2D eigenvalue weighted by atomic mass is 16.6. The van der Waals surface area contributed by atoms with E-state index in [0.717, 1.165) is 0 Å². The van der Waals surface area contributed by atoms with Gasteiger partial charge in [0, 0.05) is 0 Å². The van der Waals surface area contributed by atoms with E-state index in [1.54, 1.807) is 0 Å². The normalized spacial score (nSPS) is 23.0. The van der Waals surface area contributed by atoms with Gasteiger partial charge in [-0.1, -0.05) is 42.2 Å². The summed E-state index contributed by atoms with van der Waals surface area (Å²) in [6.07, 6.45) is 0.456. The van der Waals surface area contributed by atoms with E-state index in [-0.39, 0.29) is 6.10 Å². The van der Waals surface area contributed by atoms with E-state index in [9.17, 15) is 0 Å². The molecule has 15 heavy (non-hydrogen) atoms. The molecular formula is C13H14O2. The monoisotopic (exact) mass is 202 g/mol. The van der Waals surface area contributed by atoms with Gasteiger partial charge in [-0.3, -0.25) is 0 Å². The highest BCUT2D eigenvalue weighted by molar-refractivity contribution is 5.15. The van der Waals surface area contributed by atoms with Gasteiger partial charge in [-0.05, 0) is 12.5 Å². The van der Waals surface area contributed by atoms with E-state index in [1.807, 2.05) is 37.3 Å². The number of benzene rings is 1. The first kappa shape index (κ1) is 10.2. The lowest BCUT2D eigenvalue weighted by atomic mass is 10.2. The van der Waals surface area contributed by atoms with Gasteiger partial charge in [0.1, 0.15) is 12.7 Å². The summed E-state index contributed by atoms with van der Waals surface area (Å²) in [4.78, 5) is 0. The number of hydrogen-bond donors (Lipinski definition) is 0. The van der Waals surface area contributed by atoms with Crippen LogP contribution in [0.2, 0.25) is 0 Å². The van der Waals surface area contributed by atoms with E-state index < -0.39 is 0 Å². The molecule has 0 aromatic heterocycles. The van der Waals surface area contributed by atoms with E-state index in [2.05, 4.69) is 11.8 Å².